The minimum absolute atomic E-state index is 0.364. The van der Waals surface area contributed by atoms with Gasteiger partial charge in [0.1, 0.15) is 0 Å². The molecule has 1 aromatic rings. The van der Waals surface area contributed by atoms with Crippen LogP contribution in [0.4, 0.5) is 0 Å². The van der Waals surface area contributed by atoms with E-state index in [2.05, 4.69) is 18.7 Å². The molecule has 0 bridgehead atoms. The topological polar surface area (TPSA) is 40.6 Å². The maximum Gasteiger partial charge on any atom is 0.244 e. The molecule has 0 saturated carbocycles. The third-order valence-corrected chi connectivity index (χ3v) is 7.81. The summed E-state index contributed by atoms with van der Waals surface area (Å²) in [6.07, 6.45) is 1.09. The predicted octanol–water partition coefficient (Wildman–Crippen LogP) is 2.90. The van der Waals surface area contributed by atoms with Crippen LogP contribution >= 0.6 is 22.9 Å². The van der Waals surface area contributed by atoms with E-state index < -0.39 is 10.0 Å². The van der Waals surface area contributed by atoms with E-state index in [9.17, 15) is 8.42 Å². The first-order valence-electron chi connectivity index (χ1n) is 7.29. The maximum atomic E-state index is 12.8. The van der Waals surface area contributed by atoms with Gasteiger partial charge in [-0.05, 0) is 26.3 Å². The average molecular weight is 351 g/mol. The lowest BCUT2D eigenvalue weighted by Crippen LogP contribution is -2.51. The summed E-state index contributed by atoms with van der Waals surface area (Å²) in [5, 5.41) is 0. The fourth-order valence-electron chi connectivity index (χ4n) is 2.63. The number of halogens is 1. The Balaban J connectivity index is 2.13. The van der Waals surface area contributed by atoms with E-state index in [1.54, 1.807) is 10.4 Å². The van der Waals surface area contributed by atoms with Crippen LogP contribution in [0.2, 0.25) is 0 Å². The van der Waals surface area contributed by atoms with Crippen LogP contribution in [-0.2, 0) is 15.9 Å². The highest BCUT2D eigenvalue weighted by Gasteiger charge is 2.31. The van der Waals surface area contributed by atoms with Gasteiger partial charge in [0.15, 0.2) is 0 Å². The van der Waals surface area contributed by atoms with E-state index in [-0.39, 0.29) is 0 Å². The third kappa shape index (κ3) is 3.62. The van der Waals surface area contributed by atoms with Gasteiger partial charge in [-0.15, -0.1) is 22.9 Å². The van der Waals surface area contributed by atoms with Crippen LogP contribution in [0.25, 0.3) is 0 Å². The Morgan fingerprint density at radius 3 is 2.43 bits per heavy atom. The average Bonchev–Trinajstić information content (AvgIpc) is 2.88. The van der Waals surface area contributed by atoms with Gasteiger partial charge in [0.25, 0.3) is 0 Å². The second-order valence-electron chi connectivity index (χ2n) is 5.46. The Kier molecular flexibility index (Phi) is 5.71. The molecule has 21 heavy (non-hydrogen) atoms. The molecule has 1 aromatic heterocycles. The van der Waals surface area contributed by atoms with Crippen LogP contribution in [0.1, 0.15) is 30.0 Å². The molecular formula is C14H23ClN2O2S2. The van der Waals surface area contributed by atoms with Crippen LogP contribution < -0.4 is 0 Å². The van der Waals surface area contributed by atoms with Crippen molar-refractivity contribution in [2.75, 3.05) is 26.2 Å². The summed E-state index contributed by atoms with van der Waals surface area (Å²) in [6.45, 7) is 8.95. The summed E-state index contributed by atoms with van der Waals surface area (Å²) >= 11 is 7.28. The van der Waals surface area contributed by atoms with Crippen LogP contribution in [0, 0.1) is 6.92 Å². The highest BCUT2D eigenvalue weighted by Crippen LogP contribution is 2.29. The first kappa shape index (κ1) is 17.2. The molecule has 4 nitrogen and oxygen atoms in total. The van der Waals surface area contributed by atoms with Crippen molar-refractivity contribution in [1.29, 1.82) is 0 Å². The predicted molar refractivity (Wildman–Crippen MR) is 88.7 cm³/mol. The Hall–Kier alpha value is -0.140. The van der Waals surface area contributed by atoms with Gasteiger partial charge in [-0.1, -0.05) is 6.92 Å². The van der Waals surface area contributed by atoms with E-state index >= 15 is 0 Å². The molecule has 120 valence electrons. The van der Waals surface area contributed by atoms with Gasteiger partial charge in [-0.3, -0.25) is 4.90 Å². The molecule has 1 atom stereocenters. The minimum Gasteiger partial charge on any atom is -0.298 e. The van der Waals surface area contributed by atoms with Crippen LogP contribution in [0.5, 0.6) is 0 Å². The Morgan fingerprint density at radius 2 is 1.95 bits per heavy atom. The normalized spacial score (nSPS) is 19.8. The summed E-state index contributed by atoms with van der Waals surface area (Å²) in [5.74, 6) is 0.364. The molecule has 0 aliphatic carbocycles. The van der Waals surface area contributed by atoms with E-state index in [0.29, 0.717) is 29.9 Å². The zero-order valence-corrected chi connectivity index (χ0v) is 15.2. The summed E-state index contributed by atoms with van der Waals surface area (Å²) in [7, 11) is -3.38. The van der Waals surface area contributed by atoms with Gasteiger partial charge in [0, 0.05) is 42.0 Å². The fraction of sp³-hybridized carbons (Fsp3) is 0.714. The molecule has 1 saturated heterocycles. The highest BCUT2D eigenvalue weighted by molar-refractivity contribution is 7.89. The molecule has 0 spiro atoms. The van der Waals surface area contributed by atoms with Crippen LogP contribution in [-0.4, -0.2) is 49.8 Å². The third-order valence-electron chi connectivity index (χ3n) is 4.16. The molecular weight excluding hydrogens is 328 g/mol. The lowest BCUT2D eigenvalue weighted by atomic mass is 10.2. The Morgan fingerprint density at radius 1 is 1.33 bits per heavy atom. The molecule has 2 heterocycles. The summed E-state index contributed by atoms with van der Waals surface area (Å²) < 4.78 is 27.1. The minimum atomic E-state index is -3.38. The number of alkyl halides is 1. The summed E-state index contributed by atoms with van der Waals surface area (Å²) in [5.41, 5.74) is 0. The summed E-state index contributed by atoms with van der Waals surface area (Å²) in [4.78, 5) is 4.53. The fourth-order valence-corrected chi connectivity index (χ4v) is 5.75. The van der Waals surface area contributed by atoms with E-state index in [0.717, 1.165) is 29.3 Å². The Labute approximate surface area is 136 Å². The lowest BCUT2D eigenvalue weighted by Gasteiger charge is -2.37. The quantitative estimate of drug-likeness (QED) is 0.767. The first-order valence-corrected chi connectivity index (χ1v) is 10.1. The van der Waals surface area contributed by atoms with Crippen molar-refractivity contribution in [2.24, 2.45) is 0 Å². The number of piperazine rings is 1. The van der Waals surface area contributed by atoms with Gasteiger partial charge >= 0.3 is 0 Å². The molecule has 0 radical (unpaired) electrons. The van der Waals surface area contributed by atoms with Crippen molar-refractivity contribution >= 4 is 33.0 Å². The molecule has 1 unspecified atom stereocenters. The monoisotopic (exact) mass is 350 g/mol. The number of sulfonamides is 1. The van der Waals surface area contributed by atoms with Crippen molar-refractivity contribution in [2.45, 2.75) is 44.0 Å². The largest absolute Gasteiger partial charge is 0.298 e. The van der Waals surface area contributed by atoms with Gasteiger partial charge in [0.05, 0.1) is 10.8 Å². The molecule has 2 rings (SSSR count). The zero-order valence-electron chi connectivity index (χ0n) is 12.8. The van der Waals surface area contributed by atoms with E-state index in [1.165, 1.54) is 11.3 Å². The molecule has 0 aromatic carbocycles. The SMILES string of the molecule is CCC(C)N1CCN(S(=O)(=O)c2cc(CCl)sc2C)CC1. The van der Waals surface area contributed by atoms with E-state index in [1.807, 2.05) is 6.92 Å². The number of rotatable bonds is 5. The van der Waals surface area contributed by atoms with E-state index in [4.69, 9.17) is 11.6 Å². The number of thiophene rings is 1. The standard InChI is InChI=1S/C14H23ClN2O2S2/c1-4-11(2)16-5-7-17(8-6-16)21(18,19)14-9-13(10-15)20-12(14)3/h9,11H,4-8,10H2,1-3H3. The zero-order chi connectivity index (χ0) is 15.6. The van der Waals surface area contributed by atoms with Gasteiger partial charge in [-0.2, -0.15) is 4.31 Å². The highest BCUT2D eigenvalue weighted by atomic mass is 35.5. The number of hydrogen-bond acceptors (Lipinski definition) is 4. The van der Waals surface area contributed by atoms with Gasteiger partial charge in [-0.25, -0.2) is 8.42 Å². The molecule has 7 heteroatoms. The second-order valence-corrected chi connectivity index (χ2v) is 8.98. The first-order chi connectivity index (χ1) is 9.90. The van der Waals surface area contributed by atoms with Gasteiger partial charge < -0.3 is 0 Å². The molecule has 0 amide bonds. The van der Waals surface area contributed by atoms with Crippen molar-refractivity contribution in [3.63, 3.8) is 0 Å². The van der Waals surface area contributed by atoms with Crippen molar-refractivity contribution < 1.29 is 8.42 Å². The van der Waals surface area contributed by atoms with Crippen LogP contribution in [0.3, 0.4) is 0 Å². The smallest absolute Gasteiger partial charge is 0.244 e. The summed E-state index contributed by atoms with van der Waals surface area (Å²) in [6, 6.07) is 2.24. The van der Waals surface area contributed by atoms with Gasteiger partial charge in [0.2, 0.25) is 10.0 Å². The second kappa shape index (κ2) is 6.96. The number of hydrogen-bond donors (Lipinski definition) is 0. The molecule has 0 N–H and O–H groups in total. The van der Waals surface area contributed by atoms with Crippen molar-refractivity contribution in [3.8, 4) is 0 Å². The Bertz CT molecular complexity index is 578. The lowest BCUT2D eigenvalue weighted by molar-refractivity contribution is 0.142. The maximum absolute atomic E-state index is 12.8. The molecule has 1 aliphatic rings. The number of nitrogens with zero attached hydrogens (tertiary/aromatic N) is 2. The molecule has 1 fully saturated rings. The van der Waals surface area contributed by atoms with Crippen molar-refractivity contribution in [1.82, 2.24) is 9.21 Å². The van der Waals surface area contributed by atoms with Crippen LogP contribution in [0.15, 0.2) is 11.0 Å². The van der Waals surface area contributed by atoms with Crippen molar-refractivity contribution in [3.05, 3.63) is 15.8 Å². The molecule has 1 aliphatic heterocycles. The number of aryl methyl sites for hydroxylation is 1.